The maximum atomic E-state index is 13.0. The Bertz CT molecular complexity index is 475. The Kier molecular flexibility index (Phi) is 3.84. The molecule has 0 fully saturated rings. The van der Waals surface area contributed by atoms with E-state index < -0.39 is 5.41 Å². The van der Waals surface area contributed by atoms with E-state index in [4.69, 9.17) is 5.26 Å². The number of benzene rings is 1. The van der Waals surface area contributed by atoms with Gasteiger partial charge in [-0.1, -0.05) is 0 Å². The van der Waals surface area contributed by atoms with Crippen LogP contribution in [-0.2, 0) is 0 Å². The normalized spacial score (nSPS) is 10.8. The zero-order valence-electron chi connectivity index (χ0n) is 10.2. The predicted octanol–water partition coefficient (Wildman–Crippen LogP) is 2.41. The van der Waals surface area contributed by atoms with Crippen LogP contribution in [0.4, 0.5) is 4.39 Å². The zero-order valence-corrected chi connectivity index (χ0v) is 10.2. The molecule has 0 atom stereocenters. The highest BCUT2D eigenvalue weighted by molar-refractivity contribution is 5.94. The van der Waals surface area contributed by atoms with E-state index in [2.05, 4.69) is 11.4 Å². The van der Waals surface area contributed by atoms with Crippen LogP contribution in [0.3, 0.4) is 0 Å². The molecule has 0 unspecified atom stereocenters. The maximum absolute atomic E-state index is 13.0. The molecule has 1 amide bonds. The monoisotopic (exact) mass is 234 g/mol. The minimum absolute atomic E-state index is 0.263. The Balaban J connectivity index is 2.72. The third kappa shape index (κ3) is 3.56. The molecule has 0 radical (unpaired) electrons. The van der Waals surface area contributed by atoms with Crippen LogP contribution in [0.25, 0.3) is 0 Å². The number of carbonyl (C=O) groups excluding carboxylic acids is 1. The second kappa shape index (κ2) is 4.96. The van der Waals surface area contributed by atoms with Crippen LogP contribution in [0, 0.1) is 29.5 Å². The third-order valence-corrected chi connectivity index (χ3v) is 2.41. The SMILES string of the molecule is Cc1cc(C(=O)NCC(C)(C)C#N)ccc1F. The van der Waals surface area contributed by atoms with Gasteiger partial charge in [0.05, 0.1) is 11.5 Å². The van der Waals surface area contributed by atoms with E-state index in [-0.39, 0.29) is 18.3 Å². The summed E-state index contributed by atoms with van der Waals surface area (Å²) in [5.74, 6) is -0.629. The summed E-state index contributed by atoms with van der Waals surface area (Å²) >= 11 is 0. The van der Waals surface area contributed by atoms with Crippen LogP contribution in [0.5, 0.6) is 0 Å². The minimum atomic E-state index is -0.606. The number of halogens is 1. The molecule has 0 spiro atoms. The van der Waals surface area contributed by atoms with Crippen LogP contribution < -0.4 is 5.32 Å². The van der Waals surface area contributed by atoms with E-state index in [1.165, 1.54) is 18.2 Å². The summed E-state index contributed by atoms with van der Waals surface area (Å²) in [5, 5.41) is 11.5. The van der Waals surface area contributed by atoms with Crippen molar-refractivity contribution in [2.75, 3.05) is 6.54 Å². The molecule has 0 saturated heterocycles. The van der Waals surface area contributed by atoms with E-state index in [1.807, 2.05) is 0 Å². The molecule has 4 heteroatoms. The smallest absolute Gasteiger partial charge is 0.251 e. The number of carbonyl (C=O) groups is 1. The summed E-state index contributed by atoms with van der Waals surface area (Å²) in [6.45, 7) is 5.34. The third-order valence-electron chi connectivity index (χ3n) is 2.41. The molecule has 0 aliphatic carbocycles. The van der Waals surface area contributed by atoms with Gasteiger partial charge in [0.2, 0.25) is 0 Å². The summed E-state index contributed by atoms with van der Waals surface area (Å²) in [4.78, 5) is 11.7. The van der Waals surface area contributed by atoms with Gasteiger partial charge in [0.1, 0.15) is 5.82 Å². The van der Waals surface area contributed by atoms with Gasteiger partial charge in [-0.3, -0.25) is 4.79 Å². The molecule has 1 N–H and O–H groups in total. The summed E-state index contributed by atoms with van der Waals surface area (Å²) in [6.07, 6.45) is 0. The van der Waals surface area contributed by atoms with Crippen LogP contribution in [0.1, 0.15) is 29.8 Å². The van der Waals surface area contributed by atoms with Crippen molar-refractivity contribution < 1.29 is 9.18 Å². The Hall–Kier alpha value is -1.89. The molecule has 0 aromatic heterocycles. The van der Waals surface area contributed by atoms with Gasteiger partial charge in [0.25, 0.3) is 5.91 Å². The van der Waals surface area contributed by atoms with Gasteiger partial charge in [-0.15, -0.1) is 0 Å². The highest BCUT2D eigenvalue weighted by Crippen LogP contribution is 2.12. The lowest BCUT2D eigenvalue weighted by molar-refractivity contribution is 0.0943. The van der Waals surface area contributed by atoms with Gasteiger partial charge >= 0.3 is 0 Å². The van der Waals surface area contributed by atoms with Crippen LogP contribution in [0.15, 0.2) is 18.2 Å². The molecule has 1 rings (SSSR count). The fraction of sp³-hybridized carbons (Fsp3) is 0.385. The van der Waals surface area contributed by atoms with Crippen molar-refractivity contribution in [2.45, 2.75) is 20.8 Å². The Morgan fingerprint density at radius 1 is 1.53 bits per heavy atom. The second-order valence-corrected chi connectivity index (χ2v) is 4.64. The second-order valence-electron chi connectivity index (χ2n) is 4.64. The molecular formula is C13H15FN2O. The molecule has 0 aliphatic heterocycles. The number of nitrogens with one attached hydrogen (secondary N) is 1. The van der Waals surface area contributed by atoms with E-state index in [0.717, 1.165) is 0 Å². The molecular weight excluding hydrogens is 219 g/mol. The molecule has 0 aliphatic rings. The molecule has 17 heavy (non-hydrogen) atoms. The molecule has 0 heterocycles. The van der Waals surface area contributed by atoms with Crippen molar-refractivity contribution in [3.8, 4) is 6.07 Å². The minimum Gasteiger partial charge on any atom is -0.350 e. The molecule has 1 aromatic rings. The lowest BCUT2D eigenvalue weighted by Crippen LogP contribution is -2.33. The molecule has 90 valence electrons. The summed E-state index contributed by atoms with van der Waals surface area (Å²) in [5.41, 5.74) is 0.222. The largest absolute Gasteiger partial charge is 0.350 e. The fourth-order valence-electron chi connectivity index (χ4n) is 1.23. The van der Waals surface area contributed by atoms with Crippen molar-refractivity contribution in [3.63, 3.8) is 0 Å². The topological polar surface area (TPSA) is 52.9 Å². The van der Waals surface area contributed by atoms with Crippen LogP contribution in [0.2, 0.25) is 0 Å². The quantitative estimate of drug-likeness (QED) is 0.873. The number of hydrogen-bond donors (Lipinski definition) is 1. The van der Waals surface area contributed by atoms with E-state index >= 15 is 0 Å². The molecule has 1 aromatic carbocycles. The number of aryl methyl sites for hydroxylation is 1. The van der Waals surface area contributed by atoms with Crippen molar-refractivity contribution >= 4 is 5.91 Å². The number of nitrogens with zero attached hydrogens (tertiary/aromatic N) is 1. The summed E-state index contributed by atoms with van der Waals surface area (Å²) < 4.78 is 13.0. The maximum Gasteiger partial charge on any atom is 0.251 e. The van der Waals surface area contributed by atoms with Crippen molar-refractivity contribution in [2.24, 2.45) is 5.41 Å². The fourth-order valence-corrected chi connectivity index (χ4v) is 1.23. The van der Waals surface area contributed by atoms with Gasteiger partial charge in [-0.25, -0.2) is 4.39 Å². The molecule has 0 bridgehead atoms. The van der Waals surface area contributed by atoms with Crippen molar-refractivity contribution in [3.05, 3.63) is 35.1 Å². The number of nitriles is 1. The Morgan fingerprint density at radius 3 is 2.71 bits per heavy atom. The number of hydrogen-bond acceptors (Lipinski definition) is 2. The van der Waals surface area contributed by atoms with Gasteiger partial charge < -0.3 is 5.32 Å². The molecule has 0 saturated carbocycles. The number of rotatable bonds is 3. The van der Waals surface area contributed by atoms with Crippen molar-refractivity contribution in [1.29, 1.82) is 5.26 Å². The lowest BCUT2D eigenvalue weighted by atomic mass is 9.96. The first kappa shape index (κ1) is 13.2. The average molecular weight is 234 g/mol. The van der Waals surface area contributed by atoms with Gasteiger partial charge in [0, 0.05) is 12.1 Å². The van der Waals surface area contributed by atoms with Crippen LogP contribution in [-0.4, -0.2) is 12.5 Å². The highest BCUT2D eigenvalue weighted by atomic mass is 19.1. The summed E-state index contributed by atoms with van der Waals surface area (Å²) in [6, 6.07) is 6.28. The van der Waals surface area contributed by atoms with E-state index in [0.29, 0.717) is 11.1 Å². The predicted molar refractivity (Wildman–Crippen MR) is 62.9 cm³/mol. The Morgan fingerprint density at radius 2 is 2.18 bits per heavy atom. The van der Waals surface area contributed by atoms with Gasteiger partial charge in [-0.05, 0) is 44.5 Å². The zero-order chi connectivity index (χ0) is 13.1. The highest BCUT2D eigenvalue weighted by Gasteiger charge is 2.18. The van der Waals surface area contributed by atoms with Crippen LogP contribution >= 0.6 is 0 Å². The van der Waals surface area contributed by atoms with Crippen molar-refractivity contribution in [1.82, 2.24) is 5.32 Å². The average Bonchev–Trinajstić information content (AvgIpc) is 2.30. The first-order valence-electron chi connectivity index (χ1n) is 5.31. The van der Waals surface area contributed by atoms with E-state index in [1.54, 1.807) is 20.8 Å². The number of amides is 1. The Labute approximate surface area is 100 Å². The van der Waals surface area contributed by atoms with Gasteiger partial charge in [0.15, 0.2) is 0 Å². The standard InChI is InChI=1S/C13H15FN2O/c1-9-6-10(4-5-11(9)14)12(17)16-8-13(2,3)7-15/h4-6H,8H2,1-3H3,(H,16,17). The molecule has 3 nitrogen and oxygen atoms in total. The first-order valence-corrected chi connectivity index (χ1v) is 5.31. The van der Waals surface area contributed by atoms with E-state index in [9.17, 15) is 9.18 Å². The lowest BCUT2D eigenvalue weighted by Gasteiger charge is -2.15. The summed E-state index contributed by atoms with van der Waals surface area (Å²) in [7, 11) is 0. The first-order chi connectivity index (χ1) is 7.85. The van der Waals surface area contributed by atoms with Gasteiger partial charge in [-0.2, -0.15) is 5.26 Å².